The normalized spacial score (nSPS) is 75.5. The fraction of sp³-hybridized carbons (Fsp3) is 1.00. The van der Waals surface area contributed by atoms with Gasteiger partial charge in [0.2, 0.25) is 0 Å². The first-order valence-electron chi connectivity index (χ1n) is 5.04. The van der Waals surface area contributed by atoms with E-state index in [1.54, 1.807) is 0 Å². The molecule has 1 N–H and O–H groups in total. The molecule has 0 heterocycles. The Morgan fingerprint density at radius 3 is 1.55 bits per heavy atom. The summed E-state index contributed by atoms with van der Waals surface area (Å²) < 4.78 is 0. The summed E-state index contributed by atoms with van der Waals surface area (Å²) in [5, 5.41) is 9.85. The van der Waals surface area contributed by atoms with Crippen LogP contribution in [0.2, 0.25) is 0 Å². The molecule has 4 aliphatic rings. The van der Waals surface area contributed by atoms with Crippen molar-refractivity contribution in [3.05, 3.63) is 0 Å². The average Bonchev–Trinajstić information content (AvgIpc) is 2.81. The molecule has 4 aliphatic carbocycles. The lowest BCUT2D eigenvalue weighted by Gasteiger charge is -2.06. The van der Waals surface area contributed by atoms with Crippen molar-refractivity contribution in [3.8, 4) is 0 Å². The van der Waals surface area contributed by atoms with Crippen molar-refractivity contribution < 1.29 is 5.11 Å². The molecule has 7 atom stereocenters. The second-order valence-electron chi connectivity index (χ2n) is 5.18. The van der Waals surface area contributed by atoms with Gasteiger partial charge in [-0.1, -0.05) is 0 Å². The third-order valence-electron chi connectivity index (χ3n) is 4.65. The Morgan fingerprint density at radius 1 is 0.636 bits per heavy atom. The van der Waals surface area contributed by atoms with E-state index in [1.807, 2.05) is 0 Å². The van der Waals surface area contributed by atoms with Crippen LogP contribution in [0.4, 0.5) is 0 Å². The van der Waals surface area contributed by atoms with Crippen LogP contribution in [0.1, 0.15) is 19.3 Å². The highest BCUT2D eigenvalue weighted by Crippen LogP contribution is 2.72. The maximum Gasteiger partial charge on any atom is 0.0602 e. The highest BCUT2D eigenvalue weighted by Gasteiger charge is 2.68. The van der Waals surface area contributed by atoms with Crippen LogP contribution in [0, 0.1) is 35.5 Å². The lowest BCUT2D eigenvalue weighted by molar-refractivity contribution is 0.118. The van der Waals surface area contributed by atoms with Crippen molar-refractivity contribution in [1.82, 2.24) is 0 Å². The monoisotopic (exact) mass is 150 g/mol. The molecule has 4 fully saturated rings. The van der Waals surface area contributed by atoms with Crippen molar-refractivity contribution >= 4 is 0 Å². The van der Waals surface area contributed by atoms with Gasteiger partial charge in [-0.2, -0.15) is 0 Å². The first-order chi connectivity index (χ1) is 5.36. The third kappa shape index (κ3) is 0.547. The fourth-order valence-corrected chi connectivity index (χ4v) is 3.78. The lowest BCUT2D eigenvalue weighted by atomic mass is 10.1. The summed E-state index contributed by atoms with van der Waals surface area (Å²) in [4.78, 5) is 0. The molecule has 1 heteroatoms. The van der Waals surface area contributed by atoms with Crippen molar-refractivity contribution in [2.75, 3.05) is 0 Å². The zero-order valence-electron chi connectivity index (χ0n) is 6.61. The van der Waals surface area contributed by atoms with Crippen LogP contribution in [0.15, 0.2) is 0 Å². The molecule has 0 bridgehead atoms. The molecule has 0 aromatic heterocycles. The summed E-state index contributed by atoms with van der Waals surface area (Å²) in [5.41, 5.74) is 0. The molecule has 4 rings (SSSR count). The van der Waals surface area contributed by atoms with Gasteiger partial charge in [0.05, 0.1) is 6.10 Å². The molecule has 0 aromatic rings. The zero-order chi connectivity index (χ0) is 7.16. The van der Waals surface area contributed by atoms with Crippen LogP contribution in [0.25, 0.3) is 0 Å². The van der Waals surface area contributed by atoms with E-state index in [4.69, 9.17) is 0 Å². The molecule has 0 aromatic carbocycles. The number of hydrogen-bond acceptors (Lipinski definition) is 1. The van der Waals surface area contributed by atoms with Gasteiger partial charge in [-0.15, -0.1) is 0 Å². The standard InChI is InChI=1S/C10H14O/c11-10-8-2-6(8)4-1-5(4)7-3-9(7)10/h4-11H,1-3H2/t4-,5-,6-,7-,8-,9+,10?/m0/s1. The molecule has 11 heavy (non-hydrogen) atoms. The molecule has 0 aliphatic heterocycles. The Bertz CT molecular complexity index is 199. The van der Waals surface area contributed by atoms with E-state index in [0.29, 0.717) is 0 Å². The molecule has 0 saturated heterocycles. The van der Waals surface area contributed by atoms with Crippen molar-refractivity contribution in [2.45, 2.75) is 25.4 Å². The molecule has 60 valence electrons. The van der Waals surface area contributed by atoms with Gasteiger partial charge in [0, 0.05) is 0 Å². The molecule has 0 amide bonds. The molecule has 0 radical (unpaired) electrons. The maximum atomic E-state index is 9.85. The molecule has 4 saturated carbocycles. The summed E-state index contributed by atoms with van der Waals surface area (Å²) in [6.45, 7) is 0. The van der Waals surface area contributed by atoms with Crippen molar-refractivity contribution in [3.63, 3.8) is 0 Å². The highest BCUT2D eigenvalue weighted by molar-refractivity contribution is 5.16. The van der Waals surface area contributed by atoms with Gasteiger partial charge >= 0.3 is 0 Å². The van der Waals surface area contributed by atoms with Crippen molar-refractivity contribution in [1.29, 1.82) is 0 Å². The van der Waals surface area contributed by atoms with Crippen molar-refractivity contribution in [2.24, 2.45) is 35.5 Å². The Labute approximate surface area is 66.8 Å². The van der Waals surface area contributed by atoms with Gasteiger partial charge in [-0.3, -0.25) is 0 Å². The minimum atomic E-state index is 0.123. The minimum Gasteiger partial charge on any atom is -0.393 e. The Morgan fingerprint density at radius 2 is 1.00 bits per heavy atom. The summed E-state index contributed by atoms with van der Waals surface area (Å²) in [6, 6.07) is 0. The van der Waals surface area contributed by atoms with E-state index in [1.165, 1.54) is 19.3 Å². The number of hydrogen-bond donors (Lipinski definition) is 1. The minimum absolute atomic E-state index is 0.123. The number of rotatable bonds is 0. The molecular weight excluding hydrogens is 136 g/mol. The molecule has 0 spiro atoms. The Balaban J connectivity index is 1.72. The van der Waals surface area contributed by atoms with Crippen LogP contribution in [-0.4, -0.2) is 11.2 Å². The SMILES string of the molecule is OC1[C@H]2C[C@H]2[C@H]2C[C@@H]2[C@@H]2C[C@@H]12. The second-order valence-corrected chi connectivity index (χ2v) is 5.18. The van der Waals surface area contributed by atoms with Gasteiger partial charge in [0.1, 0.15) is 0 Å². The zero-order valence-corrected chi connectivity index (χ0v) is 6.61. The van der Waals surface area contributed by atoms with Gasteiger partial charge in [0.15, 0.2) is 0 Å². The number of aliphatic hydroxyl groups is 1. The molecule has 1 nitrogen and oxygen atoms in total. The van der Waals surface area contributed by atoms with E-state index in [-0.39, 0.29) is 6.10 Å². The average molecular weight is 150 g/mol. The quantitative estimate of drug-likeness (QED) is 0.551. The first kappa shape index (κ1) is 5.58. The predicted molar refractivity (Wildman–Crippen MR) is 40.8 cm³/mol. The molecular formula is C10H14O. The van der Waals surface area contributed by atoms with Crippen LogP contribution < -0.4 is 0 Å². The second kappa shape index (κ2) is 1.39. The van der Waals surface area contributed by atoms with E-state index in [9.17, 15) is 5.11 Å². The van der Waals surface area contributed by atoms with Gasteiger partial charge in [0.25, 0.3) is 0 Å². The molecule has 1 unspecified atom stereocenters. The summed E-state index contributed by atoms with van der Waals surface area (Å²) in [7, 11) is 0. The number of fused-ring (bicyclic) bond motifs is 5. The van der Waals surface area contributed by atoms with Crippen LogP contribution in [0.3, 0.4) is 0 Å². The van der Waals surface area contributed by atoms with E-state index >= 15 is 0 Å². The lowest BCUT2D eigenvalue weighted by Crippen LogP contribution is -2.13. The van der Waals surface area contributed by atoms with Crippen LogP contribution >= 0.6 is 0 Å². The summed E-state index contributed by atoms with van der Waals surface area (Å²) in [6.07, 6.45) is 4.38. The fourth-order valence-electron chi connectivity index (χ4n) is 3.78. The Hall–Kier alpha value is -0.0400. The maximum absolute atomic E-state index is 9.85. The highest BCUT2D eigenvalue weighted by atomic mass is 16.3. The van der Waals surface area contributed by atoms with Crippen LogP contribution in [-0.2, 0) is 0 Å². The largest absolute Gasteiger partial charge is 0.393 e. The number of aliphatic hydroxyl groups excluding tert-OH is 1. The smallest absolute Gasteiger partial charge is 0.0602 e. The summed E-state index contributed by atoms with van der Waals surface area (Å²) in [5.74, 6) is 5.61. The van der Waals surface area contributed by atoms with Crippen LogP contribution in [0.5, 0.6) is 0 Å². The van der Waals surface area contributed by atoms with Gasteiger partial charge < -0.3 is 5.11 Å². The third-order valence-corrected chi connectivity index (χ3v) is 4.65. The summed E-state index contributed by atoms with van der Waals surface area (Å²) >= 11 is 0. The first-order valence-corrected chi connectivity index (χ1v) is 5.04. The van der Waals surface area contributed by atoms with Gasteiger partial charge in [-0.05, 0) is 54.8 Å². The topological polar surface area (TPSA) is 20.2 Å². The van der Waals surface area contributed by atoms with E-state index in [2.05, 4.69) is 0 Å². The van der Waals surface area contributed by atoms with E-state index < -0.39 is 0 Å². The Kier molecular flexibility index (Phi) is 0.706. The van der Waals surface area contributed by atoms with E-state index in [0.717, 1.165) is 35.5 Å². The predicted octanol–water partition coefficient (Wildman–Crippen LogP) is 1.27. The van der Waals surface area contributed by atoms with Gasteiger partial charge in [-0.25, -0.2) is 0 Å².